The van der Waals surface area contributed by atoms with Crippen LogP contribution in [-0.4, -0.2) is 22.9 Å². The summed E-state index contributed by atoms with van der Waals surface area (Å²) in [5, 5.41) is 8.33. The molecule has 10 heavy (non-hydrogen) atoms. The number of ketones is 1. The van der Waals surface area contributed by atoms with E-state index >= 15 is 0 Å². The van der Waals surface area contributed by atoms with Gasteiger partial charge >= 0.3 is 59.3 Å². The zero-order valence-corrected chi connectivity index (χ0v) is 6.34. The van der Waals surface area contributed by atoms with E-state index in [1.807, 2.05) is 0 Å². The van der Waals surface area contributed by atoms with Crippen LogP contribution in [-0.2, 0) is 9.59 Å². The summed E-state index contributed by atoms with van der Waals surface area (Å²) >= 11 is 0. The summed E-state index contributed by atoms with van der Waals surface area (Å²) in [6.45, 7) is 1.31. The van der Waals surface area contributed by atoms with Crippen LogP contribution < -0.4 is 0 Å². The van der Waals surface area contributed by atoms with Crippen LogP contribution in [0.15, 0.2) is 0 Å². The van der Waals surface area contributed by atoms with Gasteiger partial charge in [-0.15, -0.1) is 0 Å². The van der Waals surface area contributed by atoms with E-state index in [-0.39, 0.29) is 12.2 Å². The molecule has 0 heterocycles. The van der Waals surface area contributed by atoms with E-state index in [4.69, 9.17) is 5.11 Å². The van der Waals surface area contributed by atoms with Crippen molar-refractivity contribution in [1.29, 1.82) is 0 Å². The number of carboxylic acids is 1. The molecule has 0 fully saturated rings. The SMILES string of the molecule is CC(=O)CC([N+]#P)C(=O)O. The van der Waals surface area contributed by atoms with Crippen molar-refractivity contribution >= 4 is 20.6 Å². The second kappa shape index (κ2) is 4.15. The predicted octanol–water partition coefficient (Wildman–Crippen LogP) is 1.12. The summed E-state index contributed by atoms with van der Waals surface area (Å²) in [4.78, 5) is 20.5. The summed E-state index contributed by atoms with van der Waals surface area (Å²) in [5.74, 6) is -1.32. The van der Waals surface area contributed by atoms with Crippen LogP contribution in [0.2, 0.25) is 0 Å². The Morgan fingerprint density at radius 1 is 1.70 bits per heavy atom. The number of hydrogen-bond donors (Lipinski definition) is 1. The molecule has 0 aromatic rings. The van der Waals surface area contributed by atoms with E-state index in [2.05, 4.69) is 13.5 Å². The van der Waals surface area contributed by atoms with Gasteiger partial charge < -0.3 is 0 Å². The van der Waals surface area contributed by atoms with Crippen LogP contribution in [0.1, 0.15) is 13.3 Å². The molecule has 0 amide bonds. The Bertz CT molecular complexity index is 196. The number of hydrogen-bond acceptors (Lipinski definition) is 2. The fraction of sp³-hybridized carbons (Fsp3) is 0.600. The molecule has 0 aromatic carbocycles. The molecule has 0 saturated heterocycles. The monoisotopic (exact) mass is 160 g/mol. The normalized spacial score (nSPS) is 11.6. The number of carbonyl (C=O) groups excluding carboxylic acids is 1. The maximum absolute atomic E-state index is 10.4. The molecule has 1 atom stereocenters. The van der Waals surface area contributed by atoms with Crippen molar-refractivity contribution in [2.75, 3.05) is 0 Å². The predicted molar refractivity (Wildman–Crippen MR) is 37.0 cm³/mol. The number of aliphatic carboxylic acids is 1. The number of Topliss-reactive ketones (excluding diaryl/α,β-unsaturated/α-hetero) is 1. The molecule has 0 spiro atoms. The molecule has 5 heteroatoms. The van der Waals surface area contributed by atoms with Gasteiger partial charge in [-0.2, -0.15) is 0 Å². The molecule has 0 aliphatic rings. The van der Waals surface area contributed by atoms with Crippen molar-refractivity contribution in [3.63, 3.8) is 0 Å². The molecule has 1 N–H and O–H groups in total. The van der Waals surface area contributed by atoms with Crippen molar-refractivity contribution in [2.24, 2.45) is 0 Å². The van der Waals surface area contributed by atoms with Crippen molar-refractivity contribution in [3.8, 4) is 0 Å². The van der Waals surface area contributed by atoms with E-state index in [1.54, 1.807) is 0 Å². The Kier molecular flexibility index (Phi) is 3.85. The van der Waals surface area contributed by atoms with Gasteiger partial charge in [0.05, 0.1) is 0 Å². The molecule has 0 radical (unpaired) electrons. The van der Waals surface area contributed by atoms with Gasteiger partial charge in [0.2, 0.25) is 0 Å². The number of rotatable bonds is 3. The first-order valence-electron chi connectivity index (χ1n) is 2.64. The number of carbonyl (C=O) groups is 2. The molecular formula is C5H7NO3P+. The molecule has 4 nitrogen and oxygen atoms in total. The summed E-state index contributed by atoms with van der Waals surface area (Å²) in [5.41, 5.74) is 0. The van der Waals surface area contributed by atoms with Crippen molar-refractivity contribution < 1.29 is 14.7 Å². The molecule has 1 unspecified atom stereocenters. The third-order valence-corrected chi connectivity index (χ3v) is 1.18. The topological polar surface area (TPSA) is 58.7 Å². The Labute approximate surface area is 60.2 Å². The standard InChI is InChI=1S/C5H6NO3P/c1-3(7)2-4(6-10)5(8)9/h4H,2H2,1H3/p+1. The molecule has 0 saturated carbocycles. The maximum atomic E-state index is 10.4. The van der Waals surface area contributed by atoms with Gasteiger partial charge in [-0.3, -0.25) is 0 Å². The second-order valence-corrected chi connectivity index (χ2v) is 2.11. The first kappa shape index (κ1) is 9.28. The average molecular weight is 160 g/mol. The zero-order chi connectivity index (χ0) is 8.15. The molecule has 54 valence electrons. The van der Waals surface area contributed by atoms with Gasteiger partial charge in [0.1, 0.15) is 0 Å². The van der Waals surface area contributed by atoms with Crippen LogP contribution in [0.4, 0.5) is 0 Å². The summed E-state index contributed by atoms with van der Waals surface area (Å²) in [7, 11) is 3.42. The Hall–Kier alpha value is -0.720. The molecular weight excluding hydrogens is 153 g/mol. The van der Waals surface area contributed by atoms with Crippen LogP contribution in [0, 0.1) is 0 Å². The van der Waals surface area contributed by atoms with E-state index < -0.39 is 12.0 Å². The summed E-state index contributed by atoms with van der Waals surface area (Å²) in [6, 6.07) is -0.999. The van der Waals surface area contributed by atoms with E-state index in [0.29, 0.717) is 0 Å². The average Bonchev–Trinajstić information content (AvgIpc) is 1.81. The first-order valence-corrected chi connectivity index (χ1v) is 3.04. The molecule has 0 aromatic heterocycles. The van der Waals surface area contributed by atoms with Crippen molar-refractivity contribution in [3.05, 3.63) is 4.59 Å². The van der Waals surface area contributed by atoms with Gasteiger partial charge in [0.15, 0.2) is 0 Å². The second-order valence-electron chi connectivity index (χ2n) is 1.88. The van der Waals surface area contributed by atoms with Crippen LogP contribution >= 0.6 is 8.88 Å². The van der Waals surface area contributed by atoms with E-state index in [9.17, 15) is 9.59 Å². The summed E-state index contributed by atoms with van der Waals surface area (Å²) < 4.78 is 3.20. The van der Waals surface area contributed by atoms with Crippen LogP contribution in [0.3, 0.4) is 0 Å². The van der Waals surface area contributed by atoms with Gasteiger partial charge in [0.25, 0.3) is 0 Å². The third-order valence-electron chi connectivity index (χ3n) is 0.905. The fourth-order valence-electron chi connectivity index (χ4n) is 0.450. The zero-order valence-electron chi connectivity index (χ0n) is 5.44. The minimum absolute atomic E-state index is 0.0845. The van der Waals surface area contributed by atoms with E-state index in [1.165, 1.54) is 6.92 Å². The number of nitrogens with zero attached hydrogens (tertiary/aromatic N) is 1. The van der Waals surface area contributed by atoms with Gasteiger partial charge in [0, 0.05) is 0 Å². The van der Waals surface area contributed by atoms with Gasteiger partial charge in [-0.25, -0.2) is 0 Å². The van der Waals surface area contributed by atoms with Gasteiger partial charge in [-0.05, 0) is 0 Å². The fourth-order valence-corrected chi connectivity index (χ4v) is 0.630. The Morgan fingerprint density at radius 3 is 2.30 bits per heavy atom. The third kappa shape index (κ3) is 3.33. The van der Waals surface area contributed by atoms with Gasteiger partial charge in [-0.1, -0.05) is 0 Å². The molecule has 0 aliphatic carbocycles. The van der Waals surface area contributed by atoms with E-state index in [0.717, 1.165) is 0 Å². The number of carboxylic acid groups (broad SMARTS) is 1. The first-order chi connectivity index (χ1) is 4.57. The molecule has 0 aliphatic heterocycles. The molecule has 0 rings (SSSR count). The summed E-state index contributed by atoms with van der Waals surface area (Å²) in [6.07, 6.45) is -0.0845. The van der Waals surface area contributed by atoms with Crippen LogP contribution in [0.5, 0.6) is 0 Å². The molecule has 0 bridgehead atoms. The Balaban J connectivity index is 4.00. The quantitative estimate of drug-likeness (QED) is 0.629. The van der Waals surface area contributed by atoms with Crippen molar-refractivity contribution in [1.82, 2.24) is 0 Å². The Morgan fingerprint density at radius 2 is 2.20 bits per heavy atom. The van der Waals surface area contributed by atoms with Crippen molar-refractivity contribution in [2.45, 2.75) is 19.4 Å². The minimum atomic E-state index is -1.12. The van der Waals surface area contributed by atoms with Crippen LogP contribution in [0.25, 0.3) is 4.59 Å².